The second kappa shape index (κ2) is 6.12. The van der Waals surface area contributed by atoms with Gasteiger partial charge in [-0.25, -0.2) is 0 Å². The highest BCUT2D eigenvalue weighted by Crippen LogP contribution is 2.20. The lowest BCUT2D eigenvalue weighted by atomic mass is 9.95. The van der Waals surface area contributed by atoms with Crippen LogP contribution in [-0.2, 0) is 11.3 Å². The van der Waals surface area contributed by atoms with Crippen LogP contribution in [0.3, 0.4) is 0 Å². The van der Waals surface area contributed by atoms with Crippen LogP contribution in [-0.4, -0.2) is 23.7 Å². The summed E-state index contributed by atoms with van der Waals surface area (Å²) in [4.78, 5) is 4.03. The molecule has 0 aliphatic carbocycles. The summed E-state index contributed by atoms with van der Waals surface area (Å²) >= 11 is 0. The first-order valence-electron chi connectivity index (χ1n) is 6.49. The first-order chi connectivity index (χ1) is 8.25. The standard InChI is InChI=1S/C14H22N2O/c1-11(2)14-9-13(5-8-17-14)16-10-12-3-6-15-7-4-12/h3-4,6-7,11,13-14,16H,5,8-10H2,1-2H3. The predicted molar refractivity (Wildman–Crippen MR) is 68.7 cm³/mol. The third-order valence-electron chi connectivity index (χ3n) is 3.40. The van der Waals surface area contributed by atoms with Gasteiger partial charge in [0.05, 0.1) is 6.10 Å². The molecule has 1 aromatic heterocycles. The van der Waals surface area contributed by atoms with Crippen molar-refractivity contribution in [2.45, 2.75) is 45.4 Å². The fourth-order valence-corrected chi connectivity index (χ4v) is 2.24. The van der Waals surface area contributed by atoms with E-state index < -0.39 is 0 Å². The maximum absolute atomic E-state index is 5.77. The molecular weight excluding hydrogens is 212 g/mol. The van der Waals surface area contributed by atoms with Crippen molar-refractivity contribution in [1.29, 1.82) is 0 Å². The zero-order valence-electron chi connectivity index (χ0n) is 10.7. The Morgan fingerprint density at radius 2 is 2.18 bits per heavy atom. The van der Waals surface area contributed by atoms with Gasteiger partial charge < -0.3 is 10.1 Å². The Balaban J connectivity index is 1.79. The molecule has 1 aliphatic rings. The Bertz CT molecular complexity index is 326. The van der Waals surface area contributed by atoms with Crippen molar-refractivity contribution < 1.29 is 4.74 Å². The highest BCUT2D eigenvalue weighted by molar-refractivity contribution is 5.09. The summed E-state index contributed by atoms with van der Waals surface area (Å²) < 4.78 is 5.77. The molecule has 17 heavy (non-hydrogen) atoms. The molecule has 2 rings (SSSR count). The predicted octanol–water partition coefficient (Wildman–Crippen LogP) is 2.37. The van der Waals surface area contributed by atoms with E-state index in [-0.39, 0.29) is 0 Å². The van der Waals surface area contributed by atoms with Gasteiger partial charge in [0.25, 0.3) is 0 Å². The van der Waals surface area contributed by atoms with Crippen LogP contribution in [0.1, 0.15) is 32.3 Å². The quantitative estimate of drug-likeness (QED) is 0.868. The average molecular weight is 234 g/mol. The number of pyridine rings is 1. The van der Waals surface area contributed by atoms with E-state index in [1.54, 1.807) is 0 Å². The van der Waals surface area contributed by atoms with Gasteiger partial charge in [0.1, 0.15) is 0 Å². The minimum absolute atomic E-state index is 0.415. The van der Waals surface area contributed by atoms with Gasteiger partial charge in [0, 0.05) is 31.6 Å². The topological polar surface area (TPSA) is 34.2 Å². The van der Waals surface area contributed by atoms with Crippen molar-refractivity contribution in [2.24, 2.45) is 5.92 Å². The number of nitrogens with zero attached hydrogens (tertiary/aromatic N) is 1. The molecular formula is C14H22N2O. The minimum atomic E-state index is 0.415. The van der Waals surface area contributed by atoms with Crippen LogP contribution >= 0.6 is 0 Å². The lowest BCUT2D eigenvalue weighted by Gasteiger charge is -2.32. The third-order valence-corrected chi connectivity index (χ3v) is 3.40. The van der Waals surface area contributed by atoms with E-state index in [4.69, 9.17) is 4.74 Å². The van der Waals surface area contributed by atoms with Gasteiger partial charge in [0.2, 0.25) is 0 Å². The molecule has 1 N–H and O–H groups in total. The van der Waals surface area contributed by atoms with Crippen molar-refractivity contribution in [3.63, 3.8) is 0 Å². The van der Waals surface area contributed by atoms with E-state index in [9.17, 15) is 0 Å². The number of ether oxygens (including phenoxy) is 1. The summed E-state index contributed by atoms with van der Waals surface area (Å²) in [5, 5.41) is 3.61. The van der Waals surface area contributed by atoms with Crippen molar-refractivity contribution in [3.8, 4) is 0 Å². The molecule has 1 fully saturated rings. The van der Waals surface area contributed by atoms with E-state index in [1.807, 2.05) is 12.4 Å². The molecule has 1 saturated heterocycles. The van der Waals surface area contributed by atoms with Gasteiger partial charge in [0.15, 0.2) is 0 Å². The molecule has 3 heteroatoms. The lowest BCUT2D eigenvalue weighted by Crippen LogP contribution is -2.40. The molecule has 2 heterocycles. The Morgan fingerprint density at radius 3 is 2.88 bits per heavy atom. The summed E-state index contributed by atoms with van der Waals surface area (Å²) in [6, 6.07) is 4.71. The van der Waals surface area contributed by atoms with Gasteiger partial charge in [-0.1, -0.05) is 13.8 Å². The summed E-state index contributed by atoms with van der Waals surface area (Å²) in [5.74, 6) is 0.612. The van der Waals surface area contributed by atoms with Crippen molar-refractivity contribution >= 4 is 0 Å². The summed E-state index contributed by atoms with van der Waals surface area (Å²) in [6.45, 7) is 6.28. The van der Waals surface area contributed by atoms with Crippen LogP contribution < -0.4 is 5.32 Å². The maximum atomic E-state index is 5.77. The first-order valence-corrected chi connectivity index (χ1v) is 6.49. The van der Waals surface area contributed by atoms with Crippen LogP contribution in [0.25, 0.3) is 0 Å². The van der Waals surface area contributed by atoms with Crippen LogP contribution in [0.4, 0.5) is 0 Å². The lowest BCUT2D eigenvalue weighted by molar-refractivity contribution is -0.0245. The monoisotopic (exact) mass is 234 g/mol. The highest BCUT2D eigenvalue weighted by Gasteiger charge is 2.24. The molecule has 0 spiro atoms. The largest absolute Gasteiger partial charge is 0.378 e. The highest BCUT2D eigenvalue weighted by atomic mass is 16.5. The van der Waals surface area contributed by atoms with Crippen molar-refractivity contribution in [3.05, 3.63) is 30.1 Å². The minimum Gasteiger partial charge on any atom is -0.378 e. The Kier molecular flexibility index (Phi) is 4.51. The number of aromatic nitrogens is 1. The fourth-order valence-electron chi connectivity index (χ4n) is 2.24. The molecule has 1 aromatic rings. The SMILES string of the molecule is CC(C)C1CC(NCc2ccncc2)CCO1. The molecule has 0 radical (unpaired) electrons. The summed E-state index contributed by atoms with van der Waals surface area (Å²) in [6.07, 6.45) is 6.35. The van der Waals surface area contributed by atoms with E-state index in [0.29, 0.717) is 18.1 Å². The number of rotatable bonds is 4. The summed E-state index contributed by atoms with van der Waals surface area (Å²) in [5.41, 5.74) is 1.30. The van der Waals surface area contributed by atoms with Crippen molar-refractivity contribution in [1.82, 2.24) is 10.3 Å². The molecule has 1 aliphatic heterocycles. The second-order valence-corrected chi connectivity index (χ2v) is 5.11. The Labute approximate surface area is 104 Å². The molecule has 2 atom stereocenters. The normalized spacial score (nSPS) is 25.1. The van der Waals surface area contributed by atoms with Crippen LogP contribution in [0.2, 0.25) is 0 Å². The number of hydrogen-bond donors (Lipinski definition) is 1. The fraction of sp³-hybridized carbons (Fsp3) is 0.643. The van der Waals surface area contributed by atoms with Gasteiger partial charge in [-0.15, -0.1) is 0 Å². The van der Waals surface area contributed by atoms with Crippen LogP contribution in [0, 0.1) is 5.92 Å². The second-order valence-electron chi connectivity index (χ2n) is 5.11. The van der Waals surface area contributed by atoms with E-state index in [1.165, 1.54) is 5.56 Å². The Hall–Kier alpha value is -0.930. The number of nitrogens with one attached hydrogen (secondary N) is 1. The average Bonchev–Trinajstić information content (AvgIpc) is 2.38. The van der Waals surface area contributed by atoms with E-state index in [2.05, 4.69) is 36.3 Å². The maximum Gasteiger partial charge on any atom is 0.0612 e. The van der Waals surface area contributed by atoms with Gasteiger partial charge in [-0.3, -0.25) is 4.98 Å². The van der Waals surface area contributed by atoms with Gasteiger partial charge in [-0.05, 0) is 36.5 Å². The van der Waals surface area contributed by atoms with Gasteiger partial charge in [-0.2, -0.15) is 0 Å². The van der Waals surface area contributed by atoms with Crippen molar-refractivity contribution in [2.75, 3.05) is 6.61 Å². The van der Waals surface area contributed by atoms with Crippen LogP contribution in [0.15, 0.2) is 24.5 Å². The van der Waals surface area contributed by atoms with E-state index in [0.717, 1.165) is 26.0 Å². The zero-order valence-corrected chi connectivity index (χ0v) is 10.7. The number of hydrogen-bond acceptors (Lipinski definition) is 3. The van der Waals surface area contributed by atoms with Crippen LogP contribution in [0.5, 0.6) is 0 Å². The zero-order chi connectivity index (χ0) is 12.1. The molecule has 3 nitrogen and oxygen atoms in total. The molecule has 0 saturated carbocycles. The van der Waals surface area contributed by atoms with E-state index >= 15 is 0 Å². The summed E-state index contributed by atoms with van der Waals surface area (Å²) in [7, 11) is 0. The molecule has 94 valence electrons. The van der Waals surface area contributed by atoms with Gasteiger partial charge >= 0.3 is 0 Å². The third kappa shape index (κ3) is 3.79. The Morgan fingerprint density at radius 1 is 1.41 bits per heavy atom. The molecule has 2 unspecified atom stereocenters. The first kappa shape index (κ1) is 12.5. The molecule has 0 bridgehead atoms. The molecule has 0 amide bonds. The smallest absolute Gasteiger partial charge is 0.0612 e. The molecule has 0 aromatic carbocycles.